The number of hydrogen-bond acceptors (Lipinski definition) is 4. The standard InChI is InChI=1S/C23H18ClF3N6O2/c1-31-20-16(30-21(34)14-6-5-13(24)10-15(14)23(25,26)27)7-9-33(18(20)11-28-31)22(35)17-12-32-8-3-2-4-19(32)29-17/h2-6,8,10-12,16H,7,9H2,1H3,(H,30,34). The summed E-state index contributed by atoms with van der Waals surface area (Å²) in [6.45, 7) is 0.211. The monoisotopic (exact) mass is 502 g/mol. The normalized spacial score (nSPS) is 15.8. The molecule has 1 aliphatic heterocycles. The summed E-state index contributed by atoms with van der Waals surface area (Å²) < 4.78 is 43.7. The maximum Gasteiger partial charge on any atom is 0.417 e. The highest BCUT2D eigenvalue weighted by Gasteiger charge is 2.38. The summed E-state index contributed by atoms with van der Waals surface area (Å²) >= 11 is 5.73. The highest BCUT2D eigenvalue weighted by atomic mass is 35.5. The van der Waals surface area contributed by atoms with E-state index in [9.17, 15) is 22.8 Å². The van der Waals surface area contributed by atoms with Crippen molar-refractivity contribution in [1.29, 1.82) is 0 Å². The van der Waals surface area contributed by atoms with E-state index >= 15 is 0 Å². The minimum Gasteiger partial charge on any atom is -0.344 e. The van der Waals surface area contributed by atoms with Crippen LogP contribution in [-0.4, -0.2) is 37.5 Å². The Hall–Kier alpha value is -3.86. The van der Waals surface area contributed by atoms with E-state index in [0.29, 0.717) is 17.0 Å². The molecule has 8 nitrogen and oxygen atoms in total. The number of nitrogens with one attached hydrogen (secondary N) is 1. The molecule has 1 unspecified atom stereocenters. The van der Waals surface area contributed by atoms with Crippen LogP contribution in [0.5, 0.6) is 0 Å². The topological polar surface area (TPSA) is 84.5 Å². The number of anilines is 1. The Bertz CT molecular complexity index is 1430. The van der Waals surface area contributed by atoms with Crippen LogP contribution in [0.4, 0.5) is 18.9 Å². The molecule has 0 saturated heterocycles. The molecular formula is C23H18ClF3N6O2. The average molecular weight is 503 g/mol. The molecule has 4 heterocycles. The number of nitrogens with zero attached hydrogens (tertiary/aromatic N) is 5. The molecule has 0 radical (unpaired) electrons. The SMILES string of the molecule is Cn1ncc2c1C(NC(=O)c1ccc(Cl)cc1C(F)(F)F)CCN2C(=O)c1cn2ccccc2n1. The third-order valence-corrected chi connectivity index (χ3v) is 6.13. The van der Waals surface area contributed by atoms with E-state index in [0.717, 1.165) is 12.1 Å². The first-order valence-corrected chi connectivity index (χ1v) is 11.0. The zero-order chi connectivity index (χ0) is 24.9. The minimum atomic E-state index is -4.75. The van der Waals surface area contributed by atoms with Crippen LogP contribution in [-0.2, 0) is 13.2 Å². The van der Waals surface area contributed by atoms with Crippen molar-refractivity contribution in [2.24, 2.45) is 7.05 Å². The number of fused-ring (bicyclic) bond motifs is 2. The van der Waals surface area contributed by atoms with Gasteiger partial charge in [0.25, 0.3) is 11.8 Å². The van der Waals surface area contributed by atoms with Gasteiger partial charge in [-0.1, -0.05) is 17.7 Å². The first kappa shape index (κ1) is 22.9. The largest absolute Gasteiger partial charge is 0.417 e. The van der Waals surface area contributed by atoms with E-state index in [-0.39, 0.29) is 29.6 Å². The number of carbonyl (C=O) groups excluding carboxylic acids is 2. The van der Waals surface area contributed by atoms with E-state index in [1.54, 1.807) is 29.9 Å². The highest BCUT2D eigenvalue weighted by molar-refractivity contribution is 6.30. The quantitative estimate of drug-likeness (QED) is 0.453. The Labute approximate surface area is 201 Å². The lowest BCUT2D eigenvalue weighted by molar-refractivity contribution is -0.137. The van der Waals surface area contributed by atoms with Gasteiger partial charge in [0.1, 0.15) is 11.3 Å². The summed E-state index contributed by atoms with van der Waals surface area (Å²) in [4.78, 5) is 32.0. The number of carbonyl (C=O) groups is 2. The first-order chi connectivity index (χ1) is 16.6. The third-order valence-electron chi connectivity index (χ3n) is 5.89. The van der Waals surface area contributed by atoms with Gasteiger partial charge in [-0.25, -0.2) is 4.98 Å². The number of aromatic nitrogens is 4. The van der Waals surface area contributed by atoms with Gasteiger partial charge in [0.15, 0.2) is 0 Å². The van der Waals surface area contributed by atoms with Gasteiger partial charge in [0.2, 0.25) is 0 Å². The Kier molecular flexibility index (Phi) is 5.51. The average Bonchev–Trinajstić information content (AvgIpc) is 3.42. The fourth-order valence-corrected chi connectivity index (χ4v) is 4.45. The number of alkyl halides is 3. The van der Waals surface area contributed by atoms with E-state index in [1.807, 2.05) is 12.1 Å². The predicted molar refractivity (Wildman–Crippen MR) is 121 cm³/mol. The summed E-state index contributed by atoms with van der Waals surface area (Å²) in [5, 5.41) is 6.76. The third kappa shape index (κ3) is 4.12. The van der Waals surface area contributed by atoms with Crippen molar-refractivity contribution in [2.45, 2.75) is 18.6 Å². The van der Waals surface area contributed by atoms with Gasteiger partial charge < -0.3 is 14.6 Å². The van der Waals surface area contributed by atoms with Crippen molar-refractivity contribution in [3.05, 3.63) is 82.5 Å². The molecule has 1 aliphatic rings. The van der Waals surface area contributed by atoms with Gasteiger partial charge in [0, 0.05) is 31.0 Å². The molecule has 0 bridgehead atoms. The zero-order valence-electron chi connectivity index (χ0n) is 18.3. The molecule has 5 rings (SSSR count). The van der Waals surface area contributed by atoms with Crippen LogP contribution in [0.1, 0.15) is 44.6 Å². The number of halogens is 4. The molecule has 0 spiro atoms. The van der Waals surface area contributed by atoms with Crippen LogP contribution < -0.4 is 10.2 Å². The molecule has 1 N–H and O–H groups in total. The number of rotatable bonds is 3. The van der Waals surface area contributed by atoms with Crippen molar-refractivity contribution < 1.29 is 22.8 Å². The summed E-state index contributed by atoms with van der Waals surface area (Å²) in [6.07, 6.45) is 0.416. The molecule has 12 heteroatoms. The molecule has 0 aliphatic carbocycles. The van der Waals surface area contributed by atoms with Crippen LogP contribution in [0, 0.1) is 0 Å². The molecule has 3 aromatic heterocycles. The number of amides is 2. The van der Waals surface area contributed by atoms with Crippen molar-refractivity contribution in [2.75, 3.05) is 11.4 Å². The Balaban J connectivity index is 1.43. The lowest BCUT2D eigenvalue weighted by Gasteiger charge is -2.32. The molecule has 1 aromatic carbocycles. The van der Waals surface area contributed by atoms with E-state index < -0.39 is 29.3 Å². The highest BCUT2D eigenvalue weighted by Crippen LogP contribution is 2.36. The zero-order valence-corrected chi connectivity index (χ0v) is 19.0. The van der Waals surface area contributed by atoms with Crippen LogP contribution >= 0.6 is 11.6 Å². The van der Waals surface area contributed by atoms with E-state index in [1.165, 1.54) is 21.8 Å². The maximum atomic E-state index is 13.5. The van der Waals surface area contributed by atoms with Gasteiger partial charge >= 0.3 is 6.18 Å². The van der Waals surface area contributed by atoms with Crippen LogP contribution in [0.2, 0.25) is 5.02 Å². The second-order valence-corrected chi connectivity index (χ2v) is 8.53. The van der Waals surface area contributed by atoms with Crippen molar-refractivity contribution in [1.82, 2.24) is 24.5 Å². The molecule has 0 fully saturated rings. The maximum absolute atomic E-state index is 13.5. The van der Waals surface area contributed by atoms with Crippen LogP contribution in [0.3, 0.4) is 0 Å². The van der Waals surface area contributed by atoms with Gasteiger partial charge in [-0.15, -0.1) is 0 Å². The van der Waals surface area contributed by atoms with Crippen molar-refractivity contribution in [3.8, 4) is 0 Å². The minimum absolute atomic E-state index is 0.124. The molecule has 0 saturated carbocycles. The second-order valence-electron chi connectivity index (χ2n) is 8.09. The molecule has 180 valence electrons. The summed E-state index contributed by atoms with van der Waals surface area (Å²) in [6, 6.07) is 7.76. The Morgan fingerprint density at radius 3 is 2.74 bits per heavy atom. The lowest BCUT2D eigenvalue weighted by atomic mass is 10.0. The number of hydrogen-bond donors (Lipinski definition) is 1. The van der Waals surface area contributed by atoms with Gasteiger partial charge in [-0.2, -0.15) is 18.3 Å². The summed E-state index contributed by atoms with van der Waals surface area (Å²) in [7, 11) is 1.64. The molecule has 1 atom stereocenters. The van der Waals surface area contributed by atoms with E-state index in [4.69, 9.17) is 11.6 Å². The first-order valence-electron chi connectivity index (χ1n) is 10.6. The second kappa shape index (κ2) is 8.42. The Morgan fingerprint density at radius 2 is 2.00 bits per heavy atom. The molecule has 35 heavy (non-hydrogen) atoms. The van der Waals surface area contributed by atoms with Crippen LogP contribution in [0.15, 0.2) is 55.0 Å². The molecule has 2 amide bonds. The number of imidazole rings is 1. The van der Waals surface area contributed by atoms with Crippen molar-refractivity contribution >= 4 is 34.7 Å². The molecule has 4 aromatic rings. The smallest absolute Gasteiger partial charge is 0.344 e. The van der Waals surface area contributed by atoms with Gasteiger partial charge in [0.05, 0.1) is 34.7 Å². The Morgan fingerprint density at radius 1 is 1.20 bits per heavy atom. The van der Waals surface area contributed by atoms with Gasteiger partial charge in [-0.05, 0) is 36.8 Å². The summed E-state index contributed by atoms with van der Waals surface area (Å²) in [5.74, 6) is -1.24. The number of pyridine rings is 1. The predicted octanol–water partition coefficient (Wildman–Crippen LogP) is 4.26. The van der Waals surface area contributed by atoms with Crippen LogP contribution in [0.25, 0.3) is 5.65 Å². The number of benzene rings is 1. The van der Waals surface area contributed by atoms with Crippen molar-refractivity contribution in [3.63, 3.8) is 0 Å². The molecular weight excluding hydrogens is 485 g/mol. The lowest BCUT2D eigenvalue weighted by Crippen LogP contribution is -2.41. The van der Waals surface area contributed by atoms with E-state index in [2.05, 4.69) is 15.4 Å². The number of aryl methyl sites for hydroxylation is 1. The fraction of sp³-hybridized carbons (Fsp3) is 0.217. The van der Waals surface area contributed by atoms with Gasteiger partial charge in [-0.3, -0.25) is 14.3 Å². The fourth-order valence-electron chi connectivity index (χ4n) is 4.28. The summed E-state index contributed by atoms with van der Waals surface area (Å²) in [5.41, 5.74) is 0.167.